The topological polar surface area (TPSA) is 23.5 Å². The van der Waals surface area contributed by atoms with Gasteiger partial charge in [-0.1, -0.05) is 0 Å². The molecule has 0 unspecified atom stereocenters. The van der Waals surface area contributed by atoms with Gasteiger partial charge in [0.25, 0.3) is 0 Å². The average Bonchev–Trinajstić information content (AvgIpc) is 2.43. The van der Waals surface area contributed by atoms with Crippen molar-refractivity contribution in [2.45, 2.75) is 31.0 Å². The second-order valence-corrected chi connectivity index (χ2v) is 3.73. The van der Waals surface area contributed by atoms with E-state index in [4.69, 9.17) is 5.11 Å². The van der Waals surface area contributed by atoms with Crippen LogP contribution in [0.3, 0.4) is 0 Å². The van der Waals surface area contributed by atoms with Crippen LogP contribution in [-0.4, -0.2) is 41.4 Å². The van der Waals surface area contributed by atoms with Gasteiger partial charge in [-0.2, -0.15) is 0 Å². The van der Waals surface area contributed by atoms with Crippen molar-refractivity contribution in [3.05, 3.63) is 0 Å². The van der Waals surface area contributed by atoms with Crippen molar-refractivity contribution in [3.63, 3.8) is 0 Å². The van der Waals surface area contributed by atoms with Crippen LogP contribution in [0.5, 0.6) is 0 Å². The highest BCUT2D eigenvalue weighted by Gasteiger charge is 2.47. The number of nitrogens with zero attached hydrogens (tertiary/aromatic N) is 1. The number of hydrogen-bond acceptors (Lipinski definition) is 2. The molecular weight excluding hydrogens is 181 g/mol. The van der Waals surface area contributed by atoms with Gasteiger partial charge in [0.1, 0.15) is 6.17 Å². The SMILES string of the molecule is Cl.OC[C@]12CCCN1C[C@H](F)C2. The van der Waals surface area contributed by atoms with Gasteiger partial charge in [-0.15, -0.1) is 12.4 Å². The van der Waals surface area contributed by atoms with Gasteiger partial charge in [0.05, 0.1) is 6.61 Å². The first kappa shape index (κ1) is 10.2. The number of hydrogen-bond donors (Lipinski definition) is 1. The molecule has 2 aliphatic heterocycles. The Hall–Kier alpha value is 0.140. The first-order valence-corrected chi connectivity index (χ1v) is 4.27. The standard InChI is InChI=1S/C8H14FNO.ClH/c9-7-4-8(6-11)2-1-3-10(8)5-7;/h7,11H,1-6H2;1H/t7-,8-;/m1./s1. The zero-order valence-corrected chi connectivity index (χ0v) is 7.82. The molecule has 2 nitrogen and oxygen atoms in total. The molecule has 2 rings (SSSR count). The van der Waals surface area contributed by atoms with E-state index in [-0.39, 0.29) is 24.6 Å². The van der Waals surface area contributed by atoms with Crippen molar-refractivity contribution in [3.8, 4) is 0 Å². The molecule has 2 saturated heterocycles. The second-order valence-electron chi connectivity index (χ2n) is 3.73. The zero-order valence-electron chi connectivity index (χ0n) is 7.00. The molecule has 0 bridgehead atoms. The van der Waals surface area contributed by atoms with Crippen LogP contribution in [-0.2, 0) is 0 Å². The van der Waals surface area contributed by atoms with E-state index >= 15 is 0 Å². The maximum Gasteiger partial charge on any atom is 0.115 e. The lowest BCUT2D eigenvalue weighted by Gasteiger charge is -2.28. The summed E-state index contributed by atoms with van der Waals surface area (Å²) in [5, 5.41) is 9.14. The van der Waals surface area contributed by atoms with Gasteiger partial charge in [-0.3, -0.25) is 4.90 Å². The maximum absolute atomic E-state index is 12.9. The Morgan fingerprint density at radius 3 is 2.92 bits per heavy atom. The average molecular weight is 196 g/mol. The maximum atomic E-state index is 12.9. The third kappa shape index (κ3) is 1.34. The highest BCUT2D eigenvalue weighted by Crippen LogP contribution is 2.39. The van der Waals surface area contributed by atoms with E-state index in [9.17, 15) is 4.39 Å². The number of aliphatic hydroxyl groups excluding tert-OH is 1. The molecule has 0 aromatic carbocycles. The molecule has 0 saturated carbocycles. The molecule has 2 fully saturated rings. The normalized spacial score (nSPS) is 41.0. The third-order valence-corrected chi connectivity index (χ3v) is 3.06. The van der Waals surface area contributed by atoms with Gasteiger partial charge in [-0.05, 0) is 19.4 Å². The van der Waals surface area contributed by atoms with Gasteiger partial charge < -0.3 is 5.11 Å². The van der Waals surface area contributed by atoms with Crippen LogP contribution in [0.25, 0.3) is 0 Å². The number of fused-ring (bicyclic) bond motifs is 1. The van der Waals surface area contributed by atoms with Gasteiger partial charge in [0.15, 0.2) is 0 Å². The Balaban J connectivity index is 0.000000720. The van der Waals surface area contributed by atoms with Crippen LogP contribution in [0.1, 0.15) is 19.3 Å². The molecule has 2 heterocycles. The first-order chi connectivity index (χ1) is 5.27. The minimum atomic E-state index is -0.706. The molecule has 72 valence electrons. The summed E-state index contributed by atoms with van der Waals surface area (Å²) in [7, 11) is 0. The molecular formula is C8H15ClFNO. The smallest absolute Gasteiger partial charge is 0.115 e. The molecule has 0 aromatic rings. The van der Waals surface area contributed by atoms with Crippen LogP contribution < -0.4 is 0 Å². The molecule has 0 amide bonds. The second kappa shape index (κ2) is 3.48. The highest BCUT2D eigenvalue weighted by molar-refractivity contribution is 5.85. The molecule has 12 heavy (non-hydrogen) atoms. The number of halogens is 2. The van der Waals surface area contributed by atoms with Crippen molar-refractivity contribution in [1.29, 1.82) is 0 Å². The predicted molar refractivity (Wildman–Crippen MR) is 47.4 cm³/mol. The Bertz CT molecular complexity index is 169. The molecule has 2 atom stereocenters. The van der Waals surface area contributed by atoms with Crippen molar-refractivity contribution < 1.29 is 9.50 Å². The zero-order chi connectivity index (χ0) is 7.90. The molecule has 0 aromatic heterocycles. The highest BCUT2D eigenvalue weighted by atomic mass is 35.5. The fourth-order valence-electron chi connectivity index (χ4n) is 2.47. The van der Waals surface area contributed by atoms with Crippen LogP contribution in [0.15, 0.2) is 0 Å². The molecule has 0 aliphatic carbocycles. The largest absolute Gasteiger partial charge is 0.394 e. The molecule has 2 aliphatic rings. The molecule has 0 radical (unpaired) electrons. The van der Waals surface area contributed by atoms with E-state index in [1.54, 1.807) is 0 Å². The molecule has 1 N–H and O–H groups in total. The van der Waals surface area contributed by atoms with E-state index in [1.807, 2.05) is 0 Å². The first-order valence-electron chi connectivity index (χ1n) is 4.27. The van der Waals surface area contributed by atoms with E-state index in [0.717, 1.165) is 19.4 Å². The minimum absolute atomic E-state index is 0. The van der Waals surface area contributed by atoms with Crippen molar-refractivity contribution >= 4 is 12.4 Å². The lowest BCUT2D eigenvalue weighted by molar-refractivity contribution is 0.0996. The van der Waals surface area contributed by atoms with Gasteiger partial charge >= 0.3 is 0 Å². The van der Waals surface area contributed by atoms with Gasteiger partial charge in [0, 0.05) is 18.5 Å². The summed E-state index contributed by atoms with van der Waals surface area (Å²) in [6.45, 7) is 1.65. The molecule has 0 spiro atoms. The Labute approximate surface area is 78.2 Å². The fourth-order valence-corrected chi connectivity index (χ4v) is 2.47. The Kier molecular flexibility index (Phi) is 2.97. The van der Waals surface area contributed by atoms with E-state index in [0.29, 0.717) is 13.0 Å². The number of alkyl halides is 1. The Morgan fingerprint density at radius 1 is 1.58 bits per heavy atom. The third-order valence-electron chi connectivity index (χ3n) is 3.06. The van der Waals surface area contributed by atoms with Crippen LogP contribution in [0, 0.1) is 0 Å². The van der Waals surface area contributed by atoms with E-state index < -0.39 is 6.17 Å². The lowest BCUT2D eigenvalue weighted by atomic mass is 9.95. The summed E-state index contributed by atoms with van der Waals surface area (Å²) in [4.78, 5) is 2.11. The molecule has 4 heteroatoms. The van der Waals surface area contributed by atoms with Crippen LogP contribution in [0.4, 0.5) is 4.39 Å². The van der Waals surface area contributed by atoms with Crippen LogP contribution >= 0.6 is 12.4 Å². The van der Waals surface area contributed by atoms with Crippen molar-refractivity contribution in [2.24, 2.45) is 0 Å². The quantitative estimate of drug-likeness (QED) is 0.674. The summed E-state index contributed by atoms with van der Waals surface area (Å²) in [5.41, 5.74) is -0.167. The Morgan fingerprint density at radius 2 is 2.33 bits per heavy atom. The van der Waals surface area contributed by atoms with Gasteiger partial charge in [0.2, 0.25) is 0 Å². The number of rotatable bonds is 1. The monoisotopic (exact) mass is 195 g/mol. The van der Waals surface area contributed by atoms with E-state index in [1.165, 1.54) is 0 Å². The minimum Gasteiger partial charge on any atom is -0.394 e. The van der Waals surface area contributed by atoms with Gasteiger partial charge in [-0.25, -0.2) is 4.39 Å². The summed E-state index contributed by atoms with van der Waals surface area (Å²) < 4.78 is 12.9. The summed E-state index contributed by atoms with van der Waals surface area (Å²) in [5.74, 6) is 0. The summed E-state index contributed by atoms with van der Waals surface area (Å²) in [6, 6.07) is 0. The predicted octanol–water partition coefficient (Wildman–Crippen LogP) is 0.977. The summed E-state index contributed by atoms with van der Waals surface area (Å²) >= 11 is 0. The summed E-state index contributed by atoms with van der Waals surface area (Å²) in [6.07, 6.45) is 1.93. The van der Waals surface area contributed by atoms with E-state index in [2.05, 4.69) is 4.90 Å². The van der Waals surface area contributed by atoms with Crippen LogP contribution in [0.2, 0.25) is 0 Å². The number of aliphatic hydroxyl groups is 1. The fraction of sp³-hybridized carbons (Fsp3) is 1.00. The van der Waals surface area contributed by atoms with Crippen molar-refractivity contribution in [1.82, 2.24) is 4.90 Å². The lowest BCUT2D eigenvalue weighted by Crippen LogP contribution is -2.41. The van der Waals surface area contributed by atoms with Crippen molar-refractivity contribution in [2.75, 3.05) is 19.7 Å².